The second kappa shape index (κ2) is 6.37. The highest BCUT2D eigenvalue weighted by atomic mass is 35.5. The molecule has 0 unspecified atom stereocenters. The van der Waals surface area contributed by atoms with E-state index < -0.39 is 10.0 Å². The number of hydrogen-bond donors (Lipinski definition) is 1. The van der Waals surface area contributed by atoms with Crippen molar-refractivity contribution in [1.82, 2.24) is 4.90 Å². The first-order valence-electron chi connectivity index (χ1n) is 6.40. The molecule has 2 aromatic rings. The Bertz CT molecular complexity index is 804. The molecule has 0 aromatic heterocycles. The minimum Gasteiger partial charge on any atom is -0.345 e. The van der Waals surface area contributed by atoms with Gasteiger partial charge < -0.3 is 4.90 Å². The molecule has 0 bridgehead atoms. The van der Waals surface area contributed by atoms with E-state index in [1.165, 1.54) is 23.1 Å². The lowest BCUT2D eigenvalue weighted by atomic mass is 10.2. The third-order valence-corrected chi connectivity index (χ3v) is 4.61. The van der Waals surface area contributed by atoms with Gasteiger partial charge in [-0.2, -0.15) is 0 Å². The molecule has 0 heterocycles. The summed E-state index contributed by atoms with van der Waals surface area (Å²) in [5, 5.41) is 0.298. The van der Waals surface area contributed by atoms with Crippen molar-refractivity contribution >= 4 is 33.2 Å². The number of anilines is 1. The lowest BCUT2D eigenvalue weighted by Gasteiger charge is -2.12. The van der Waals surface area contributed by atoms with Gasteiger partial charge in [0.15, 0.2) is 0 Å². The van der Waals surface area contributed by atoms with E-state index in [2.05, 4.69) is 4.72 Å². The van der Waals surface area contributed by atoms with Crippen LogP contribution in [0.1, 0.15) is 10.4 Å². The summed E-state index contributed by atoms with van der Waals surface area (Å²) in [6, 6.07) is 12.4. The van der Waals surface area contributed by atoms with Crippen LogP contribution in [0.15, 0.2) is 53.4 Å². The maximum atomic E-state index is 12.4. The highest BCUT2D eigenvalue weighted by Gasteiger charge is 2.18. The second-order valence-corrected chi connectivity index (χ2v) is 6.90. The van der Waals surface area contributed by atoms with E-state index in [0.717, 1.165) is 0 Å². The maximum Gasteiger partial charge on any atom is 0.261 e. The van der Waals surface area contributed by atoms with Crippen molar-refractivity contribution in [3.05, 3.63) is 59.1 Å². The number of nitrogens with one attached hydrogen (secondary N) is 1. The number of nitrogens with zero attached hydrogens (tertiary/aromatic N) is 1. The molecule has 7 heteroatoms. The summed E-state index contributed by atoms with van der Waals surface area (Å²) in [4.78, 5) is 13.3. The minimum atomic E-state index is -3.82. The first kappa shape index (κ1) is 16.3. The van der Waals surface area contributed by atoms with Crippen LogP contribution >= 0.6 is 11.6 Å². The van der Waals surface area contributed by atoms with Crippen molar-refractivity contribution in [1.29, 1.82) is 0 Å². The number of carbonyl (C=O) groups is 1. The van der Waals surface area contributed by atoms with Gasteiger partial charge in [0.2, 0.25) is 0 Å². The summed E-state index contributed by atoms with van der Waals surface area (Å²) >= 11 is 5.95. The standard InChI is InChI=1S/C15H15ClN2O3S/c1-18(2)15(19)11-6-5-7-12(10-11)22(20,21)17-14-9-4-3-8-13(14)16/h3-10,17H,1-2H3. The topological polar surface area (TPSA) is 66.5 Å². The van der Waals surface area contributed by atoms with E-state index in [0.29, 0.717) is 10.6 Å². The molecule has 22 heavy (non-hydrogen) atoms. The molecule has 0 fully saturated rings. The summed E-state index contributed by atoms with van der Waals surface area (Å²) in [6.45, 7) is 0. The highest BCUT2D eigenvalue weighted by Crippen LogP contribution is 2.24. The fourth-order valence-electron chi connectivity index (χ4n) is 1.80. The van der Waals surface area contributed by atoms with E-state index >= 15 is 0 Å². The zero-order valence-electron chi connectivity index (χ0n) is 12.1. The van der Waals surface area contributed by atoms with Crippen LogP contribution in [-0.2, 0) is 10.0 Å². The van der Waals surface area contributed by atoms with Gasteiger partial charge in [-0.3, -0.25) is 9.52 Å². The van der Waals surface area contributed by atoms with Gasteiger partial charge in [0.25, 0.3) is 15.9 Å². The van der Waals surface area contributed by atoms with Crippen molar-refractivity contribution in [2.45, 2.75) is 4.90 Å². The summed E-state index contributed by atoms with van der Waals surface area (Å²) in [6.07, 6.45) is 0. The second-order valence-electron chi connectivity index (χ2n) is 4.81. The van der Waals surface area contributed by atoms with Gasteiger partial charge in [-0.25, -0.2) is 8.42 Å². The molecule has 1 amide bonds. The lowest BCUT2D eigenvalue weighted by Crippen LogP contribution is -2.22. The third kappa shape index (κ3) is 3.58. The van der Waals surface area contributed by atoms with E-state index in [1.807, 2.05) is 0 Å². The SMILES string of the molecule is CN(C)C(=O)c1cccc(S(=O)(=O)Nc2ccccc2Cl)c1. The van der Waals surface area contributed by atoms with Crippen molar-refractivity contribution in [3.63, 3.8) is 0 Å². The molecule has 0 aliphatic rings. The number of sulfonamides is 1. The van der Waals surface area contributed by atoms with Crippen LogP contribution < -0.4 is 4.72 Å². The first-order valence-corrected chi connectivity index (χ1v) is 8.26. The van der Waals surface area contributed by atoms with Crippen LogP contribution in [0.4, 0.5) is 5.69 Å². The average molecular weight is 339 g/mol. The molecule has 116 valence electrons. The molecule has 0 aliphatic heterocycles. The van der Waals surface area contributed by atoms with Crippen molar-refractivity contribution < 1.29 is 13.2 Å². The fraction of sp³-hybridized carbons (Fsp3) is 0.133. The number of rotatable bonds is 4. The summed E-state index contributed by atoms with van der Waals surface area (Å²) in [5.74, 6) is -0.269. The lowest BCUT2D eigenvalue weighted by molar-refractivity contribution is 0.0827. The first-order chi connectivity index (χ1) is 10.3. The number of para-hydroxylation sites is 1. The fourth-order valence-corrected chi connectivity index (χ4v) is 3.17. The van der Waals surface area contributed by atoms with E-state index in [-0.39, 0.29) is 16.5 Å². The Kier molecular flexibility index (Phi) is 4.73. The van der Waals surface area contributed by atoms with Gasteiger partial charge in [-0.15, -0.1) is 0 Å². The van der Waals surface area contributed by atoms with Gasteiger partial charge in [-0.05, 0) is 30.3 Å². The van der Waals surface area contributed by atoms with Gasteiger partial charge in [-0.1, -0.05) is 29.8 Å². The number of carbonyl (C=O) groups excluding carboxylic acids is 1. The van der Waals surface area contributed by atoms with Crippen LogP contribution in [0.25, 0.3) is 0 Å². The van der Waals surface area contributed by atoms with E-state index in [1.54, 1.807) is 44.4 Å². The number of amides is 1. The van der Waals surface area contributed by atoms with E-state index in [9.17, 15) is 13.2 Å². The maximum absolute atomic E-state index is 12.4. The van der Waals surface area contributed by atoms with Crippen molar-refractivity contribution in [2.75, 3.05) is 18.8 Å². The molecule has 0 spiro atoms. The normalized spacial score (nSPS) is 11.0. The number of benzene rings is 2. The predicted molar refractivity (Wildman–Crippen MR) is 86.7 cm³/mol. The zero-order valence-corrected chi connectivity index (χ0v) is 13.6. The van der Waals surface area contributed by atoms with Crippen LogP contribution in [0.5, 0.6) is 0 Å². The molecule has 0 atom stereocenters. The van der Waals surface area contributed by atoms with E-state index in [4.69, 9.17) is 11.6 Å². The van der Waals surface area contributed by atoms with Crippen LogP contribution in [0.3, 0.4) is 0 Å². The van der Waals surface area contributed by atoms with Gasteiger partial charge in [0.1, 0.15) is 0 Å². The average Bonchev–Trinajstić information content (AvgIpc) is 2.48. The molecular weight excluding hydrogens is 324 g/mol. The van der Waals surface area contributed by atoms with Crippen LogP contribution in [0.2, 0.25) is 5.02 Å². The molecule has 2 rings (SSSR count). The summed E-state index contributed by atoms with van der Waals surface area (Å²) in [7, 11) is -0.617. The van der Waals surface area contributed by atoms with Crippen LogP contribution in [-0.4, -0.2) is 33.3 Å². The molecule has 0 radical (unpaired) electrons. The van der Waals surface area contributed by atoms with Gasteiger partial charge in [0, 0.05) is 19.7 Å². The van der Waals surface area contributed by atoms with Crippen molar-refractivity contribution in [3.8, 4) is 0 Å². The molecule has 5 nitrogen and oxygen atoms in total. The Hall–Kier alpha value is -2.05. The smallest absolute Gasteiger partial charge is 0.261 e. The van der Waals surface area contributed by atoms with Gasteiger partial charge >= 0.3 is 0 Å². The Morgan fingerprint density at radius 3 is 2.41 bits per heavy atom. The van der Waals surface area contributed by atoms with Gasteiger partial charge in [0.05, 0.1) is 15.6 Å². The summed E-state index contributed by atoms with van der Waals surface area (Å²) in [5.41, 5.74) is 0.584. The largest absolute Gasteiger partial charge is 0.345 e. The zero-order chi connectivity index (χ0) is 16.3. The monoisotopic (exact) mass is 338 g/mol. The molecule has 1 N–H and O–H groups in total. The molecular formula is C15H15ClN2O3S. The molecule has 0 saturated carbocycles. The van der Waals surface area contributed by atoms with Crippen molar-refractivity contribution in [2.24, 2.45) is 0 Å². The molecule has 0 aliphatic carbocycles. The Morgan fingerprint density at radius 1 is 1.09 bits per heavy atom. The Balaban J connectivity index is 2.36. The highest BCUT2D eigenvalue weighted by molar-refractivity contribution is 7.92. The minimum absolute atomic E-state index is 0.000111. The number of halogens is 1. The number of hydrogen-bond acceptors (Lipinski definition) is 3. The third-order valence-electron chi connectivity index (χ3n) is 2.92. The van der Waals surface area contributed by atoms with Crippen LogP contribution in [0, 0.1) is 0 Å². The summed E-state index contributed by atoms with van der Waals surface area (Å²) < 4.78 is 27.2. The quantitative estimate of drug-likeness (QED) is 0.932. The Morgan fingerprint density at radius 2 is 1.77 bits per heavy atom. The molecule has 2 aromatic carbocycles. The molecule has 0 saturated heterocycles. The predicted octanol–water partition coefficient (Wildman–Crippen LogP) is 2.84. The Labute approximate surface area is 134 Å².